The number of pyridine rings is 1. The number of hydrogen-bond donors (Lipinski definition) is 1. The quantitative estimate of drug-likeness (QED) is 0.533. The van der Waals surface area contributed by atoms with E-state index >= 15 is 0 Å². The lowest BCUT2D eigenvalue weighted by atomic mass is 9.94. The Hall–Kier alpha value is -2.62. The highest BCUT2D eigenvalue weighted by Crippen LogP contribution is 2.37. The second-order valence-electron chi connectivity index (χ2n) is 8.73. The van der Waals surface area contributed by atoms with Crippen molar-refractivity contribution in [2.24, 2.45) is 0 Å². The van der Waals surface area contributed by atoms with Crippen LogP contribution < -0.4 is 4.90 Å². The first kappa shape index (κ1) is 23.5. The average Bonchev–Trinajstić information content (AvgIpc) is 2.79. The molecule has 0 bridgehead atoms. The van der Waals surface area contributed by atoms with Crippen molar-refractivity contribution in [3.05, 3.63) is 93.2 Å². The minimum atomic E-state index is -1.01. The topological polar surface area (TPSA) is 63.4 Å². The number of rotatable bonds is 5. The van der Waals surface area contributed by atoms with E-state index in [1.807, 2.05) is 56.3 Å². The van der Waals surface area contributed by atoms with E-state index in [4.69, 9.17) is 23.2 Å². The summed E-state index contributed by atoms with van der Waals surface area (Å²) in [5, 5.41) is 21.7. The molecule has 170 valence electrons. The number of aromatic nitrogens is 1. The van der Waals surface area contributed by atoms with E-state index in [-0.39, 0.29) is 6.04 Å². The molecular weight excluding hydrogens is 455 g/mol. The zero-order valence-electron chi connectivity index (χ0n) is 18.7. The summed E-state index contributed by atoms with van der Waals surface area (Å²) in [7, 11) is 0. The van der Waals surface area contributed by atoms with Crippen molar-refractivity contribution in [2.75, 3.05) is 31.1 Å². The van der Waals surface area contributed by atoms with Crippen molar-refractivity contribution in [2.45, 2.75) is 25.5 Å². The van der Waals surface area contributed by atoms with Gasteiger partial charge in [-0.05, 0) is 67.4 Å². The Morgan fingerprint density at radius 2 is 1.88 bits per heavy atom. The summed E-state index contributed by atoms with van der Waals surface area (Å²) < 4.78 is 0. The summed E-state index contributed by atoms with van der Waals surface area (Å²) in [4.78, 5) is 8.80. The summed E-state index contributed by atoms with van der Waals surface area (Å²) in [6.45, 7) is 6.47. The van der Waals surface area contributed by atoms with E-state index in [1.165, 1.54) is 0 Å². The number of β-amino-alcohol motifs (C(OH)–C–C–N with tert-alkyl or cyclic N) is 1. The minimum absolute atomic E-state index is 0.0106. The fourth-order valence-corrected chi connectivity index (χ4v) is 4.87. The second-order valence-corrected chi connectivity index (χ2v) is 9.58. The Labute approximate surface area is 204 Å². The van der Waals surface area contributed by atoms with Crippen LogP contribution in [0, 0.1) is 18.3 Å². The molecule has 0 unspecified atom stereocenters. The molecule has 0 spiro atoms. The fraction of sp³-hybridized carbons (Fsp3) is 0.308. The normalized spacial score (nSPS) is 18.5. The number of aryl methyl sites for hydroxylation is 1. The Kier molecular flexibility index (Phi) is 6.92. The van der Waals surface area contributed by atoms with E-state index in [1.54, 1.807) is 18.3 Å². The third-order valence-corrected chi connectivity index (χ3v) is 6.71. The smallest absolute Gasteiger partial charge is 0.0996 e. The number of nitrogens with zero attached hydrogens (tertiary/aromatic N) is 4. The van der Waals surface area contributed by atoms with Crippen LogP contribution in [-0.4, -0.2) is 41.2 Å². The Morgan fingerprint density at radius 3 is 2.55 bits per heavy atom. The van der Waals surface area contributed by atoms with Crippen LogP contribution in [0.3, 0.4) is 0 Å². The summed E-state index contributed by atoms with van der Waals surface area (Å²) in [6, 6.07) is 19.2. The third-order valence-electron chi connectivity index (χ3n) is 6.16. The van der Waals surface area contributed by atoms with Gasteiger partial charge >= 0.3 is 0 Å². The molecule has 7 heteroatoms. The van der Waals surface area contributed by atoms with Gasteiger partial charge in [0.1, 0.15) is 0 Å². The van der Waals surface area contributed by atoms with Crippen LogP contribution in [0.15, 0.2) is 60.8 Å². The first-order valence-corrected chi connectivity index (χ1v) is 11.6. The van der Waals surface area contributed by atoms with E-state index in [0.29, 0.717) is 28.7 Å². The van der Waals surface area contributed by atoms with Gasteiger partial charge in [-0.25, -0.2) is 0 Å². The van der Waals surface area contributed by atoms with Crippen molar-refractivity contribution in [3.63, 3.8) is 0 Å². The molecule has 1 aliphatic heterocycles. The van der Waals surface area contributed by atoms with Gasteiger partial charge in [-0.3, -0.25) is 9.88 Å². The highest BCUT2D eigenvalue weighted by atomic mass is 35.5. The second kappa shape index (κ2) is 9.70. The lowest BCUT2D eigenvalue weighted by molar-refractivity contribution is 0.0102. The molecule has 4 rings (SSSR count). The molecule has 1 N–H and O–H groups in total. The van der Waals surface area contributed by atoms with Gasteiger partial charge in [0, 0.05) is 43.1 Å². The Balaban J connectivity index is 1.62. The number of piperazine rings is 1. The number of halogens is 2. The number of hydrogen-bond acceptors (Lipinski definition) is 5. The van der Waals surface area contributed by atoms with Crippen molar-refractivity contribution in [3.8, 4) is 6.07 Å². The van der Waals surface area contributed by atoms with Crippen molar-refractivity contribution in [1.29, 1.82) is 5.26 Å². The highest BCUT2D eigenvalue weighted by molar-refractivity contribution is 6.33. The van der Waals surface area contributed by atoms with Crippen LogP contribution in [0.1, 0.15) is 35.3 Å². The molecule has 0 saturated carbocycles. The van der Waals surface area contributed by atoms with Gasteiger partial charge in [-0.2, -0.15) is 5.26 Å². The Morgan fingerprint density at radius 1 is 1.12 bits per heavy atom. The van der Waals surface area contributed by atoms with E-state index in [2.05, 4.69) is 20.9 Å². The molecule has 2 heterocycles. The molecule has 1 aliphatic rings. The van der Waals surface area contributed by atoms with Gasteiger partial charge in [-0.1, -0.05) is 35.3 Å². The monoisotopic (exact) mass is 480 g/mol. The maximum atomic E-state index is 11.3. The average molecular weight is 481 g/mol. The molecular formula is C26H26Cl2N4O. The van der Waals surface area contributed by atoms with Crippen molar-refractivity contribution in [1.82, 2.24) is 9.88 Å². The highest BCUT2D eigenvalue weighted by Gasteiger charge is 2.34. The SMILES string of the molecule is Cc1cc([C@](C)(O)CN2CCN(c3ccc(C#N)cc3Cl)[C@H](c3ccc(Cl)cc3)C2)ccn1. The maximum Gasteiger partial charge on any atom is 0.0996 e. The molecule has 1 saturated heterocycles. The summed E-state index contributed by atoms with van der Waals surface area (Å²) in [5.74, 6) is 0. The number of nitriles is 1. The first-order chi connectivity index (χ1) is 15.8. The lowest BCUT2D eigenvalue weighted by Crippen LogP contribution is -2.52. The largest absolute Gasteiger partial charge is 0.384 e. The number of benzene rings is 2. The predicted octanol–water partition coefficient (Wildman–Crippen LogP) is 5.34. The van der Waals surface area contributed by atoms with E-state index in [0.717, 1.165) is 35.6 Å². The molecule has 1 fully saturated rings. The first-order valence-electron chi connectivity index (χ1n) is 10.9. The zero-order chi connectivity index (χ0) is 23.6. The minimum Gasteiger partial charge on any atom is -0.384 e. The summed E-state index contributed by atoms with van der Waals surface area (Å²) in [6.07, 6.45) is 1.74. The molecule has 1 aromatic heterocycles. The molecule has 0 amide bonds. The van der Waals surface area contributed by atoms with Gasteiger partial charge < -0.3 is 10.0 Å². The maximum absolute atomic E-state index is 11.3. The van der Waals surface area contributed by atoms with Crippen molar-refractivity contribution >= 4 is 28.9 Å². The lowest BCUT2D eigenvalue weighted by Gasteiger charge is -2.45. The van der Waals surface area contributed by atoms with Crippen LogP contribution >= 0.6 is 23.2 Å². The van der Waals surface area contributed by atoms with Crippen LogP contribution in [0.2, 0.25) is 10.0 Å². The summed E-state index contributed by atoms with van der Waals surface area (Å²) in [5.41, 5.74) is 3.28. The molecule has 2 atom stereocenters. The van der Waals surface area contributed by atoms with Gasteiger partial charge in [0.25, 0.3) is 0 Å². The van der Waals surface area contributed by atoms with Crippen LogP contribution in [0.5, 0.6) is 0 Å². The van der Waals surface area contributed by atoms with E-state index < -0.39 is 5.60 Å². The summed E-state index contributed by atoms with van der Waals surface area (Å²) >= 11 is 12.7. The third kappa shape index (κ3) is 5.31. The van der Waals surface area contributed by atoms with Crippen LogP contribution in [0.25, 0.3) is 0 Å². The standard InChI is InChI=1S/C26H26Cl2N4O/c1-18-13-21(9-10-30-18)26(2,33)17-31-11-12-32(24-8-3-19(15-29)14-23(24)28)25(16-31)20-4-6-22(27)7-5-20/h3-10,13-14,25,33H,11-12,16-17H2,1-2H3/t25-,26+/m0/s1. The van der Waals surface area contributed by atoms with Crippen LogP contribution in [0.4, 0.5) is 5.69 Å². The van der Waals surface area contributed by atoms with Crippen molar-refractivity contribution < 1.29 is 5.11 Å². The molecule has 5 nitrogen and oxygen atoms in total. The number of anilines is 1. The molecule has 2 aromatic carbocycles. The zero-order valence-corrected chi connectivity index (χ0v) is 20.2. The van der Waals surface area contributed by atoms with Gasteiger partial charge in [0.15, 0.2) is 0 Å². The van der Waals surface area contributed by atoms with Gasteiger partial charge in [0.2, 0.25) is 0 Å². The molecule has 0 radical (unpaired) electrons. The fourth-order valence-electron chi connectivity index (χ4n) is 4.46. The molecule has 0 aliphatic carbocycles. The molecule has 3 aromatic rings. The van der Waals surface area contributed by atoms with Gasteiger partial charge in [0.05, 0.1) is 34.0 Å². The predicted molar refractivity (Wildman–Crippen MR) is 133 cm³/mol. The Bertz CT molecular complexity index is 1170. The van der Waals surface area contributed by atoms with Gasteiger partial charge in [-0.15, -0.1) is 0 Å². The van der Waals surface area contributed by atoms with Crippen LogP contribution in [-0.2, 0) is 5.60 Å². The number of aliphatic hydroxyl groups is 1. The van der Waals surface area contributed by atoms with E-state index in [9.17, 15) is 10.4 Å². The molecule has 33 heavy (non-hydrogen) atoms.